The number of alkyl halides is 3. The van der Waals surface area contributed by atoms with Crippen molar-refractivity contribution < 1.29 is 22.7 Å². The zero-order valence-electron chi connectivity index (χ0n) is 17.7. The summed E-state index contributed by atoms with van der Waals surface area (Å²) in [5, 5.41) is 11.8. The van der Waals surface area contributed by atoms with Crippen molar-refractivity contribution >= 4 is 52.0 Å². The third-order valence-electron chi connectivity index (χ3n) is 4.75. The summed E-state index contributed by atoms with van der Waals surface area (Å²) in [4.78, 5) is 12.5. The van der Waals surface area contributed by atoms with Crippen LogP contribution < -0.4 is 21.3 Å². The molecule has 0 aliphatic carbocycles. The van der Waals surface area contributed by atoms with Crippen LogP contribution in [0.4, 0.5) is 24.5 Å². The van der Waals surface area contributed by atoms with Gasteiger partial charge in [-0.15, -0.1) is 0 Å². The summed E-state index contributed by atoms with van der Waals surface area (Å²) in [5.41, 5.74) is 1.34. The predicted octanol–water partition coefficient (Wildman–Crippen LogP) is 4.87. The van der Waals surface area contributed by atoms with E-state index in [0.717, 1.165) is 11.6 Å². The van der Waals surface area contributed by atoms with Gasteiger partial charge in [-0.1, -0.05) is 24.3 Å². The summed E-state index contributed by atoms with van der Waals surface area (Å²) in [5.74, 6) is -0.460. The van der Waals surface area contributed by atoms with Gasteiger partial charge in [0, 0.05) is 11.4 Å². The third kappa shape index (κ3) is 5.99. The summed E-state index contributed by atoms with van der Waals surface area (Å²) in [7, 11) is 0. The van der Waals surface area contributed by atoms with E-state index in [1.54, 1.807) is 38.1 Å². The number of thiocarbonyl (C=S) groups is 2. The monoisotopic (exact) mass is 494 g/mol. The maximum atomic E-state index is 13.2. The average molecular weight is 495 g/mol. The van der Waals surface area contributed by atoms with E-state index >= 15 is 0 Å². The van der Waals surface area contributed by atoms with Crippen molar-refractivity contribution in [3.63, 3.8) is 0 Å². The van der Waals surface area contributed by atoms with Gasteiger partial charge < -0.3 is 26.0 Å². The fourth-order valence-electron chi connectivity index (χ4n) is 3.31. The number of nitrogens with one attached hydrogen (secondary N) is 4. The van der Waals surface area contributed by atoms with Crippen molar-refractivity contribution in [1.82, 2.24) is 10.6 Å². The molecular formula is C22H21F3N4O2S2. The van der Waals surface area contributed by atoms with Crippen molar-refractivity contribution in [2.24, 2.45) is 0 Å². The van der Waals surface area contributed by atoms with E-state index in [1.165, 1.54) is 18.2 Å². The van der Waals surface area contributed by atoms with Crippen LogP contribution in [0.5, 0.6) is 0 Å². The first-order chi connectivity index (χ1) is 15.6. The largest absolute Gasteiger partial charge is 0.463 e. The Morgan fingerprint density at radius 2 is 1.79 bits per heavy atom. The van der Waals surface area contributed by atoms with Crippen molar-refractivity contribution in [2.75, 3.05) is 17.2 Å². The molecule has 1 unspecified atom stereocenters. The lowest BCUT2D eigenvalue weighted by Crippen LogP contribution is -2.45. The van der Waals surface area contributed by atoms with Crippen molar-refractivity contribution in [1.29, 1.82) is 0 Å². The van der Waals surface area contributed by atoms with Gasteiger partial charge in [0.25, 0.3) is 0 Å². The zero-order valence-corrected chi connectivity index (χ0v) is 19.3. The average Bonchev–Trinajstić information content (AvgIpc) is 2.73. The van der Waals surface area contributed by atoms with E-state index in [9.17, 15) is 18.0 Å². The molecule has 0 aromatic heterocycles. The fourth-order valence-corrected chi connectivity index (χ4v) is 3.80. The van der Waals surface area contributed by atoms with Gasteiger partial charge in [-0.2, -0.15) is 13.2 Å². The van der Waals surface area contributed by atoms with Crippen LogP contribution in [0.1, 0.15) is 31.0 Å². The summed E-state index contributed by atoms with van der Waals surface area (Å²) < 4.78 is 44.7. The number of carbonyl (C=O) groups excluding carboxylic acids is 1. The third-order valence-corrected chi connectivity index (χ3v) is 5.17. The number of rotatable bonds is 5. The van der Waals surface area contributed by atoms with E-state index < -0.39 is 23.8 Å². The summed E-state index contributed by atoms with van der Waals surface area (Å²) in [6.45, 7) is 3.70. The number of hydrogen-bond donors (Lipinski definition) is 4. The Morgan fingerprint density at radius 3 is 2.42 bits per heavy atom. The Hall–Kier alpha value is -3.18. The molecule has 1 heterocycles. The smallest absolute Gasteiger partial charge is 0.418 e. The molecule has 2 aromatic carbocycles. The topological polar surface area (TPSA) is 74.4 Å². The number of carbonyl (C=O) groups is 1. The second-order valence-electron chi connectivity index (χ2n) is 7.04. The molecule has 0 bridgehead atoms. The Bertz CT molecular complexity index is 1100. The first-order valence-corrected chi connectivity index (χ1v) is 10.7. The molecule has 3 rings (SSSR count). The van der Waals surface area contributed by atoms with E-state index in [4.69, 9.17) is 29.2 Å². The van der Waals surface area contributed by atoms with Gasteiger partial charge in [-0.25, -0.2) is 4.79 Å². The molecule has 0 fully saturated rings. The molecule has 11 heteroatoms. The molecule has 4 N–H and O–H groups in total. The molecule has 2 aromatic rings. The Labute approximate surface area is 199 Å². The molecular weight excluding hydrogens is 473 g/mol. The number of hydrogen-bond acceptors (Lipinski definition) is 4. The number of para-hydroxylation sites is 1. The molecule has 0 radical (unpaired) electrons. The number of anilines is 2. The molecule has 0 saturated heterocycles. The first-order valence-electron chi connectivity index (χ1n) is 9.89. The van der Waals surface area contributed by atoms with Gasteiger partial charge in [-0.3, -0.25) is 0 Å². The molecule has 0 saturated carbocycles. The van der Waals surface area contributed by atoms with Gasteiger partial charge in [0.2, 0.25) is 0 Å². The van der Waals surface area contributed by atoms with Crippen LogP contribution in [0.15, 0.2) is 59.8 Å². The van der Waals surface area contributed by atoms with Crippen LogP contribution in [-0.4, -0.2) is 22.8 Å². The van der Waals surface area contributed by atoms with Crippen LogP contribution in [-0.2, 0) is 15.7 Å². The van der Waals surface area contributed by atoms with Gasteiger partial charge in [0.05, 0.1) is 29.5 Å². The van der Waals surface area contributed by atoms with Gasteiger partial charge >= 0.3 is 12.1 Å². The predicted molar refractivity (Wildman–Crippen MR) is 129 cm³/mol. The van der Waals surface area contributed by atoms with Gasteiger partial charge in [-0.05, 0) is 68.1 Å². The minimum absolute atomic E-state index is 0.00331. The number of allylic oxidation sites excluding steroid dienone is 1. The van der Waals surface area contributed by atoms with E-state index in [-0.39, 0.29) is 17.4 Å². The molecule has 0 amide bonds. The number of benzene rings is 2. The number of halogens is 3. The molecule has 0 spiro atoms. The van der Waals surface area contributed by atoms with E-state index in [1.807, 2.05) is 0 Å². The van der Waals surface area contributed by atoms with Crippen LogP contribution in [0.25, 0.3) is 0 Å². The second kappa shape index (κ2) is 10.2. The highest BCUT2D eigenvalue weighted by atomic mass is 32.1. The molecule has 6 nitrogen and oxygen atoms in total. The molecule has 33 heavy (non-hydrogen) atoms. The molecule has 1 aliphatic rings. The Kier molecular flexibility index (Phi) is 7.54. The SMILES string of the molecule is CCOC(=O)C1=C(C)NC(=S)NC1c1ccc(NC(=S)Nc2ccccc2C(F)(F)F)cc1. The normalized spacial score (nSPS) is 15.9. The van der Waals surface area contributed by atoms with Crippen LogP contribution in [0.2, 0.25) is 0 Å². The van der Waals surface area contributed by atoms with Crippen molar-refractivity contribution in [3.05, 3.63) is 70.9 Å². The number of esters is 1. The van der Waals surface area contributed by atoms with Crippen molar-refractivity contribution in [3.8, 4) is 0 Å². The maximum Gasteiger partial charge on any atom is 0.418 e. The quantitative estimate of drug-likeness (QED) is 0.347. The Morgan fingerprint density at radius 1 is 1.12 bits per heavy atom. The highest BCUT2D eigenvalue weighted by molar-refractivity contribution is 7.80. The fraction of sp³-hybridized carbons (Fsp3) is 0.227. The van der Waals surface area contributed by atoms with Crippen LogP contribution >= 0.6 is 24.4 Å². The lowest BCUT2D eigenvalue weighted by atomic mass is 9.95. The molecule has 1 aliphatic heterocycles. The van der Waals surface area contributed by atoms with Gasteiger partial charge in [0.1, 0.15) is 0 Å². The molecule has 174 valence electrons. The number of ether oxygens (including phenoxy) is 1. The summed E-state index contributed by atoms with van der Waals surface area (Å²) >= 11 is 10.4. The minimum Gasteiger partial charge on any atom is -0.463 e. The standard InChI is InChI=1S/C22H21F3N4O2S2/c1-3-31-19(30)17-12(2)26-20(32)29-18(17)13-8-10-14(11-9-13)27-21(33)28-16-7-5-4-6-15(16)22(23,24)25/h4-11,18H,3H2,1-2H3,(H2,26,29,32)(H2,27,28,33). The maximum absolute atomic E-state index is 13.2. The molecule has 1 atom stereocenters. The zero-order chi connectivity index (χ0) is 24.2. The summed E-state index contributed by atoms with van der Waals surface area (Å²) in [6, 6.07) is 11.5. The summed E-state index contributed by atoms with van der Waals surface area (Å²) in [6.07, 6.45) is -4.51. The van der Waals surface area contributed by atoms with Crippen LogP contribution in [0, 0.1) is 0 Å². The van der Waals surface area contributed by atoms with E-state index in [2.05, 4.69) is 21.3 Å². The Balaban J connectivity index is 1.75. The van der Waals surface area contributed by atoms with E-state index in [0.29, 0.717) is 22.1 Å². The first kappa shape index (κ1) is 24.5. The highest BCUT2D eigenvalue weighted by Crippen LogP contribution is 2.34. The van der Waals surface area contributed by atoms with Gasteiger partial charge in [0.15, 0.2) is 10.2 Å². The second-order valence-corrected chi connectivity index (χ2v) is 7.85. The van der Waals surface area contributed by atoms with Crippen molar-refractivity contribution in [2.45, 2.75) is 26.1 Å². The minimum atomic E-state index is -4.51. The van der Waals surface area contributed by atoms with Crippen LogP contribution in [0.3, 0.4) is 0 Å². The lowest BCUT2D eigenvalue weighted by Gasteiger charge is -2.30. The highest BCUT2D eigenvalue weighted by Gasteiger charge is 2.33. The lowest BCUT2D eigenvalue weighted by molar-refractivity contribution is -0.139.